The lowest BCUT2D eigenvalue weighted by atomic mass is 9.95. The SMILES string of the molecule is COc1ccccc1NC(=O)Nc1c(NC2CCCCC2)c2ccccc2oc1=O. The van der Waals surface area contributed by atoms with E-state index < -0.39 is 11.7 Å². The maximum Gasteiger partial charge on any atom is 0.362 e. The number of hydrogen-bond donors (Lipinski definition) is 3. The summed E-state index contributed by atoms with van der Waals surface area (Å²) in [7, 11) is 1.53. The number of nitrogens with one attached hydrogen (secondary N) is 3. The molecule has 7 heteroatoms. The second kappa shape index (κ2) is 8.90. The maximum absolute atomic E-state index is 12.7. The first-order chi connectivity index (χ1) is 14.7. The molecule has 1 aliphatic rings. The highest BCUT2D eigenvalue weighted by Gasteiger charge is 2.21. The third-order valence-corrected chi connectivity index (χ3v) is 5.36. The maximum atomic E-state index is 12.7. The minimum Gasteiger partial charge on any atom is -0.495 e. The molecular formula is C23H25N3O4. The third-order valence-electron chi connectivity index (χ3n) is 5.36. The molecular weight excluding hydrogens is 382 g/mol. The molecule has 4 rings (SSSR count). The van der Waals surface area contributed by atoms with Gasteiger partial charge in [-0.05, 0) is 37.1 Å². The number of amides is 2. The molecule has 0 unspecified atom stereocenters. The van der Waals surface area contributed by atoms with Gasteiger partial charge in [-0.15, -0.1) is 0 Å². The Morgan fingerprint density at radius 3 is 2.50 bits per heavy atom. The number of anilines is 3. The lowest BCUT2D eigenvalue weighted by Crippen LogP contribution is -2.28. The Bertz CT molecular complexity index is 1100. The quantitative estimate of drug-likeness (QED) is 0.506. The van der Waals surface area contributed by atoms with E-state index >= 15 is 0 Å². The predicted molar refractivity (Wildman–Crippen MR) is 119 cm³/mol. The van der Waals surface area contributed by atoms with Crippen LogP contribution in [0.2, 0.25) is 0 Å². The van der Waals surface area contributed by atoms with Crippen molar-refractivity contribution in [1.29, 1.82) is 0 Å². The Balaban J connectivity index is 1.66. The molecule has 0 spiro atoms. The van der Waals surface area contributed by atoms with Gasteiger partial charge >= 0.3 is 11.7 Å². The van der Waals surface area contributed by atoms with E-state index in [1.807, 2.05) is 24.3 Å². The van der Waals surface area contributed by atoms with Gasteiger partial charge in [0, 0.05) is 11.4 Å². The van der Waals surface area contributed by atoms with Crippen LogP contribution < -0.4 is 26.3 Å². The lowest BCUT2D eigenvalue weighted by Gasteiger charge is -2.25. The fourth-order valence-electron chi connectivity index (χ4n) is 3.88. The van der Waals surface area contributed by atoms with Crippen LogP contribution in [0.3, 0.4) is 0 Å². The van der Waals surface area contributed by atoms with E-state index in [0.717, 1.165) is 31.1 Å². The number of hydrogen-bond acceptors (Lipinski definition) is 5. The number of rotatable bonds is 5. The molecule has 0 atom stereocenters. The topological polar surface area (TPSA) is 92.6 Å². The zero-order chi connectivity index (χ0) is 20.9. The molecule has 1 heterocycles. The van der Waals surface area contributed by atoms with Crippen molar-refractivity contribution in [3.63, 3.8) is 0 Å². The van der Waals surface area contributed by atoms with Crippen molar-refractivity contribution < 1.29 is 13.9 Å². The van der Waals surface area contributed by atoms with Crippen molar-refractivity contribution in [2.45, 2.75) is 38.1 Å². The van der Waals surface area contributed by atoms with Crippen LogP contribution in [0.1, 0.15) is 32.1 Å². The van der Waals surface area contributed by atoms with E-state index in [9.17, 15) is 9.59 Å². The van der Waals surface area contributed by atoms with Gasteiger partial charge < -0.3 is 19.8 Å². The molecule has 1 aromatic heterocycles. The van der Waals surface area contributed by atoms with E-state index in [4.69, 9.17) is 9.15 Å². The van der Waals surface area contributed by atoms with Crippen LogP contribution in [0.15, 0.2) is 57.7 Å². The fraction of sp³-hybridized carbons (Fsp3) is 0.304. The van der Waals surface area contributed by atoms with Crippen molar-refractivity contribution in [2.75, 3.05) is 23.1 Å². The minimum absolute atomic E-state index is 0.103. The van der Waals surface area contributed by atoms with Crippen LogP contribution >= 0.6 is 0 Å². The second-order valence-corrected chi connectivity index (χ2v) is 7.39. The molecule has 3 aromatic rings. The van der Waals surface area contributed by atoms with Gasteiger partial charge in [-0.1, -0.05) is 43.5 Å². The summed E-state index contributed by atoms with van der Waals surface area (Å²) in [4.78, 5) is 25.4. The number of carbonyl (C=O) groups excluding carboxylic acids is 1. The zero-order valence-electron chi connectivity index (χ0n) is 16.9. The summed E-state index contributed by atoms with van der Waals surface area (Å²) in [5.74, 6) is 0.527. The zero-order valence-corrected chi connectivity index (χ0v) is 16.9. The van der Waals surface area contributed by atoms with Crippen molar-refractivity contribution in [1.82, 2.24) is 0 Å². The standard InChI is InChI=1S/C23H25N3O4/c1-29-19-14-8-6-12-17(19)25-23(28)26-21-20(24-15-9-3-2-4-10-15)16-11-5-7-13-18(16)30-22(21)27/h5-8,11-15,24H,2-4,9-10H2,1H3,(H2,25,26,28). The van der Waals surface area contributed by atoms with E-state index in [0.29, 0.717) is 22.7 Å². The first kappa shape index (κ1) is 19.8. The Labute approximate surface area is 174 Å². The van der Waals surface area contributed by atoms with Crippen LogP contribution in [0.4, 0.5) is 21.9 Å². The van der Waals surface area contributed by atoms with Crippen molar-refractivity contribution in [3.05, 3.63) is 59.0 Å². The summed E-state index contributed by atoms with van der Waals surface area (Å²) in [6, 6.07) is 14.1. The fourth-order valence-corrected chi connectivity index (χ4v) is 3.88. The normalized spacial score (nSPS) is 14.3. The average molecular weight is 407 g/mol. The summed E-state index contributed by atoms with van der Waals surface area (Å²) in [5.41, 5.74) is 1.10. The number of methoxy groups -OCH3 is 1. The minimum atomic E-state index is -0.595. The summed E-state index contributed by atoms with van der Waals surface area (Å²) < 4.78 is 10.7. The number of para-hydroxylation sites is 3. The summed E-state index contributed by atoms with van der Waals surface area (Å²) in [6.07, 6.45) is 5.58. The Hall–Kier alpha value is -3.48. The lowest BCUT2D eigenvalue weighted by molar-refractivity contribution is 0.262. The number of benzene rings is 2. The van der Waals surface area contributed by atoms with Crippen molar-refractivity contribution in [2.24, 2.45) is 0 Å². The molecule has 2 amide bonds. The van der Waals surface area contributed by atoms with E-state index in [2.05, 4.69) is 16.0 Å². The van der Waals surface area contributed by atoms with Crippen molar-refractivity contribution in [3.8, 4) is 5.75 Å². The summed E-state index contributed by atoms with van der Waals surface area (Å²) in [5, 5.41) is 9.68. The van der Waals surface area contributed by atoms with Crippen molar-refractivity contribution >= 4 is 34.1 Å². The number of ether oxygens (including phenoxy) is 1. The second-order valence-electron chi connectivity index (χ2n) is 7.39. The van der Waals surface area contributed by atoms with Gasteiger partial charge in [0.25, 0.3) is 0 Å². The van der Waals surface area contributed by atoms with Crippen LogP contribution in [0, 0.1) is 0 Å². The monoisotopic (exact) mass is 407 g/mol. The number of urea groups is 1. The Kier molecular flexibility index (Phi) is 5.88. The first-order valence-electron chi connectivity index (χ1n) is 10.2. The van der Waals surface area contributed by atoms with Gasteiger partial charge in [0.2, 0.25) is 0 Å². The molecule has 156 valence electrons. The molecule has 0 bridgehead atoms. The van der Waals surface area contributed by atoms with Gasteiger partial charge in [-0.2, -0.15) is 0 Å². The Morgan fingerprint density at radius 2 is 1.70 bits per heavy atom. The molecule has 30 heavy (non-hydrogen) atoms. The first-order valence-corrected chi connectivity index (χ1v) is 10.2. The van der Waals surface area contributed by atoms with Crippen LogP contribution in [-0.2, 0) is 0 Å². The van der Waals surface area contributed by atoms with Gasteiger partial charge in [0.05, 0.1) is 18.5 Å². The summed E-state index contributed by atoms with van der Waals surface area (Å²) in [6.45, 7) is 0. The van der Waals surface area contributed by atoms with Gasteiger partial charge in [-0.25, -0.2) is 9.59 Å². The molecule has 0 radical (unpaired) electrons. The smallest absolute Gasteiger partial charge is 0.362 e. The molecule has 0 saturated heterocycles. The van der Waals surface area contributed by atoms with Gasteiger partial charge in [0.15, 0.2) is 5.69 Å². The average Bonchev–Trinajstić information content (AvgIpc) is 2.77. The highest BCUT2D eigenvalue weighted by atomic mass is 16.5. The molecule has 0 aliphatic heterocycles. The predicted octanol–water partition coefficient (Wildman–Crippen LogP) is 5.19. The summed E-state index contributed by atoms with van der Waals surface area (Å²) >= 11 is 0. The molecule has 1 aliphatic carbocycles. The molecule has 1 fully saturated rings. The highest BCUT2D eigenvalue weighted by molar-refractivity contribution is 6.06. The van der Waals surface area contributed by atoms with E-state index in [1.54, 1.807) is 24.3 Å². The number of fused-ring (bicyclic) bond motifs is 1. The molecule has 7 nitrogen and oxygen atoms in total. The van der Waals surface area contributed by atoms with E-state index in [-0.39, 0.29) is 11.7 Å². The molecule has 1 saturated carbocycles. The highest BCUT2D eigenvalue weighted by Crippen LogP contribution is 2.32. The molecule has 3 N–H and O–H groups in total. The number of carbonyl (C=O) groups is 1. The van der Waals surface area contributed by atoms with Gasteiger partial charge in [0.1, 0.15) is 11.3 Å². The van der Waals surface area contributed by atoms with E-state index in [1.165, 1.54) is 13.5 Å². The van der Waals surface area contributed by atoms with Gasteiger partial charge in [-0.3, -0.25) is 5.32 Å². The largest absolute Gasteiger partial charge is 0.495 e. The third kappa shape index (κ3) is 4.25. The van der Waals surface area contributed by atoms with Crippen LogP contribution in [0.5, 0.6) is 5.75 Å². The van der Waals surface area contributed by atoms with Crippen LogP contribution in [0.25, 0.3) is 11.0 Å². The van der Waals surface area contributed by atoms with Crippen LogP contribution in [-0.4, -0.2) is 19.2 Å². The Morgan fingerprint density at radius 1 is 0.967 bits per heavy atom. The molecule has 2 aromatic carbocycles.